The van der Waals surface area contributed by atoms with Gasteiger partial charge < -0.3 is 9.11 Å². The molecule has 0 unspecified atom stereocenters. The molecular formula is C6H10CuO8S2. The van der Waals surface area contributed by atoms with Crippen molar-refractivity contribution in [1.82, 2.24) is 0 Å². The van der Waals surface area contributed by atoms with E-state index in [2.05, 4.69) is 21.5 Å². The van der Waals surface area contributed by atoms with Crippen LogP contribution in [-0.2, 0) is 46.2 Å². The predicted molar refractivity (Wildman–Crippen MR) is 51.7 cm³/mol. The normalized spacial score (nSPS) is 10.5. The average molecular weight is 338 g/mol. The van der Waals surface area contributed by atoms with Crippen molar-refractivity contribution in [1.29, 1.82) is 0 Å². The van der Waals surface area contributed by atoms with Gasteiger partial charge in [0.1, 0.15) is 0 Å². The summed E-state index contributed by atoms with van der Waals surface area (Å²) in [4.78, 5) is 0. The molecule has 8 nitrogen and oxygen atoms in total. The largest absolute Gasteiger partial charge is 2.00 e. The van der Waals surface area contributed by atoms with Crippen LogP contribution in [0.25, 0.3) is 0 Å². The Kier molecular flexibility index (Phi) is 14.0. The van der Waals surface area contributed by atoms with Gasteiger partial charge in [-0.15, -0.1) is 13.2 Å². The van der Waals surface area contributed by atoms with Gasteiger partial charge in [-0.1, -0.05) is 12.2 Å². The summed E-state index contributed by atoms with van der Waals surface area (Å²) < 4.78 is 64.7. The molecule has 0 heterocycles. The summed E-state index contributed by atoms with van der Waals surface area (Å²) in [5, 5.41) is 0. The SMILES string of the molecule is C=CCOS(=O)(=O)[O-].C=CCOS(=O)(=O)[O-].[Cu+2]. The van der Waals surface area contributed by atoms with Crippen LogP contribution in [0.2, 0.25) is 0 Å². The second-order valence-electron chi connectivity index (χ2n) is 1.96. The van der Waals surface area contributed by atoms with E-state index in [-0.39, 0.29) is 30.3 Å². The maximum atomic E-state index is 9.56. The molecule has 0 amide bonds. The van der Waals surface area contributed by atoms with Gasteiger partial charge in [0.2, 0.25) is 20.8 Å². The Labute approximate surface area is 111 Å². The van der Waals surface area contributed by atoms with E-state index in [9.17, 15) is 25.9 Å². The molecule has 0 aromatic heterocycles. The second kappa shape index (κ2) is 10.9. The molecule has 0 aliphatic heterocycles. The summed E-state index contributed by atoms with van der Waals surface area (Å²) >= 11 is 0. The van der Waals surface area contributed by atoms with Crippen molar-refractivity contribution in [2.24, 2.45) is 0 Å². The minimum Gasteiger partial charge on any atom is -0.726 e. The summed E-state index contributed by atoms with van der Waals surface area (Å²) in [6, 6.07) is 0. The van der Waals surface area contributed by atoms with Crippen LogP contribution in [0.5, 0.6) is 0 Å². The van der Waals surface area contributed by atoms with Gasteiger partial charge in [-0.05, 0) is 0 Å². The topological polar surface area (TPSA) is 133 Å². The molecule has 17 heavy (non-hydrogen) atoms. The van der Waals surface area contributed by atoms with Crippen LogP contribution >= 0.6 is 0 Å². The third-order valence-electron chi connectivity index (χ3n) is 0.660. The van der Waals surface area contributed by atoms with Crippen LogP contribution in [0.15, 0.2) is 25.3 Å². The maximum absolute atomic E-state index is 9.56. The van der Waals surface area contributed by atoms with Gasteiger partial charge in [-0.3, -0.25) is 8.37 Å². The van der Waals surface area contributed by atoms with Crippen LogP contribution in [0.3, 0.4) is 0 Å². The molecule has 0 N–H and O–H groups in total. The molecule has 0 aromatic rings. The molecule has 0 saturated heterocycles. The van der Waals surface area contributed by atoms with E-state index in [0.29, 0.717) is 0 Å². The Morgan fingerprint density at radius 2 is 1.12 bits per heavy atom. The van der Waals surface area contributed by atoms with Crippen LogP contribution in [0.1, 0.15) is 0 Å². The second-order valence-corrected chi connectivity index (χ2v) is 4.07. The third kappa shape index (κ3) is 31.3. The first-order valence-electron chi connectivity index (χ1n) is 3.54. The summed E-state index contributed by atoms with van der Waals surface area (Å²) in [7, 11) is -9.02. The molecule has 105 valence electrons. The summed E-state index contributed by atoms with van der Waals surface area (Å²) in [5.74, 6) is 0. The summed E-state index contributed by atoms with van der Waals surface area (Å²) in [6.45, 7) is 5.75. The summed E-state index contributed by atoms with van der Waals surface area (Å²) in [5.41, 5.74) is 0. The molecule has 0 aliphatic rings. The van der Waals surface area contributed by atoms with Crippen molar-refractivity contribution < 1.29 is 51.4 Å². The van der Waals surface area contributed by atoms with E-state index in [1.165, 1.54) is 12.2 Å². The molecule has 0 fully saturated rings. The first kappa shape index (κ1) is 22.0. The smallest absolute Gasteiger partial charge is 0.726 e. The van der Waals surface area contributed by atoms with Crippen molar-refractivity contribution in [2.45, 2.75) is 0 Å². The minimum atomic E-state index is -4.51. The van der Waals surface area contributed by atoms with Crippen molar-refractivity contribution >= 4 is 20.8 Å². The average Bonchev–Trinajstić information content (AvgIpc) is 2.10. The fourth-order valence-corrected chi connectivity index (χ4v) is 0.789. The van der Waals surface area contributed by atoms with Gasteiger partial charge in [0, 0.05) is 0 Å². The quantitative estimate of drug-likeness (QED) is 0.269. The van der Waals surface area contributed by atoms with Gasteiger partial charge in [-0.25, -0.2) is 16.8 Å². The molecular weight excluding hydrogens is 328 g/mol. The Morgan fingerprint density at radius 3 is 1.18 bits per heavy atom. The van der Waals surface area contributed by atoms with Crippen LogP contribution < -0.4 is 0 Å². The molecule has 0 atom stereocenters. The van der Waals surface area contributed by atoms with Crippen molar-refractivity contribution in [3.8, 4) is 0 Å². The van der Waals surface area contributed by atoms with Gasteiger partial charge in [0.05, 0.1) is 13.2 Å². The van der Waals surface area contributed by atoms with Gasteiger partial charge >= 0.3 is 17.1 Å². The van der Waals surface area contributed by atoms with E-state index in [1.54, 1.807) is 0 Å². The van der Waals surface area contributed by atoms with Gasteiger partial charge in [-0.2, -0.15) is 0 Å². The fraction of sp³-hybridized carbons (Fsp3) is 0.333. The molecule has 0 spiro atoms. The van der Waals surface area contributed by atoms with Crippen LogP contribution in [-0.4, -0.2) is 39.2 Å². The zero-order chi connectivity index (χ0) is 13.2. The number of hydrogen-bond acceptors (Lipinski definition) is 8. The zero-order valence-corrected chi connectivity index (χ0v) is 10.9. The molecule has 0 bridgehead atoms. The van der Waals surface area contributed by atoms with Crippen molar-refractivity contribution in [2.75, 3.05) is 13.2 Å². The minimum absolute atomic E-state index is 0. The Balaban J connectivity index is -0.000000218. The van der Waals surface area contributed by atoms with E-state index in [1.807, 2.05) is 0 Å². The standard InChI is InChI=1S/2C3H6O4S.Cu/c2*1-2-3-7-8(4,5)6;/h2*2H,1,3H2,(H,4,5,6);/q;;+2/p-2. The number of hydrogen-bond donors (Lipinski definition) is 0. The first-order valence-corrected chi connectivity index (χ1v) is 6.21. The number of rotatable bonds is 6. The molecule has 11 heteroatoms. The molecule has 0 rings (SSSR count). The van der Waals surface area contributed by atoms with Gasteiger partial charge in [0.25, 0.3) is 0 Å². The monoisotopic (exact) mass is 337 g/mol. The van der Waals surface area contributed by atoms with Crippen molar-refractivity contribution in [3.05, 3.63) is 25.3 Å². The van der Waals surface area contributed by atoms with E-state index < -0.39 is 20.8 Å². The molecule has 1 radical (unpaired) electrons. The van der Waals surface area contributed by atoms with E-state index in [0.717, 1.165) is 0 Å². The third-order valence-corrected chi connectivity index (χ3v) is 1.51. The summed E-state index contributed by atoms with van der Waals surface area (Å²) in [6.07, 6.45) is 2.35. The Morgan fingerprint density at radius 1 is 0.882 bits per heavy atom. The predicted octanol–water partition coefficient (Wildman–Crippen LogP) is -0.704. The van der Waals surface area contributed by atoms with Crippen LogP contribution in [0.4, 0.5) is 0 Å². The maximum Gasteiger partial charge on any atom is 2.00 e. The van der Waals surface area contributed by atoms with E-state index >= 15 is 0 Å². The van der Waals surface area contributed by atoms with E-state index in [4.69, 9.17) is 0 Å². The van der Waals surface area contributed by atoms with Crippen LogP contribution in [0, 0.1) is 0 Å². The molecule has 0 saturated carbocycles. The fourth-order valence-electron chi connectivity index (χ4n) is 0.263. The zero-order valence-electron chi connectivity index (χ0n) is 8.37. The van der Waals surface area contributed by atoms with Gasteiger partial charge in [0.15, 0.2) is 0 Å². The van der Waals surface area contributed by atoms with Crippen molar-refractivity contribution in [3.63, 3.8) is 0 Å². The Hall–Kier alpha value is -0.261. The Bertz CT molecular complexity index is 358. The molecule has 0 aliphatic carbocycles. The first-order chi connectivity index (χ1) is 7.12. The molecule has 0 aromatic carbocycles.